The van der Waals surface area contributed by atoms with Crippen molar-refractivity contribution in [3.8, 4) is 17.3 Å². The number of aromatic nitrogens is 4. The van der Waals surface area contributed by atoms with E-state index >= 15 is 0 Å². The van der Waals surface area contributed by atoms with E-state index in [-0.39, 0.29) is 11.7 Å². The molecule has 0 radical (unpaired) electrons. The minimum Gasteiger partial charge on any atom is -0.467 e. The molecule has 110 valence electrons. The van der Waals surface area contributed by atoms with Crippen LogP contribution >= 0.6 is 0 Å². The number of anilines is 1. The lowest BCUT2D eigenvalue weighted by Gasteiger charge is -2.02. The lowest BCUT2D eigenvalue weighted by molar-refractivity contribution is 0.101. The normalized spacial score (nSPS) is 10.2. The minimum atomic E-state index is -0.423. The van der Waals surface area contributed by atoms with E-state index < -0.39 is 5.91 Å². The maximum Gasteiger partial charge on any atom is 0.316 e. The first-order valence-electron chi connectivity index (χ1n) is 6.31. The van der Waals surface area contributed by atoms with Crippen LogP contribution in [-0.4, -0.2) is 33.1 Å². The lowest BCUT2D eigenvalue weighted by Crippen LogP contribution is -2.12. The Hall–Kier alpha value is -3.29. The Labute approximate surface area is 125 Å². The molecule has 0 aliphatic heterocycles. The molecule has 0 saturated carbocycles. The summed E-state index contributed by atoms with van der Waals surface area (Å²) in [6, 6.07) is 5.34. The van der Waals surface area contributed by atoms with E-state index in [1.54, 1.807) is 18.5 Å². The van der Waals surface area contributed by atoms with Crippen LogP contribution in [0.3, 0.4) is 0 Å². The number of carbonyl (C=O) groups excluding carboxylic acids is 1. The molecule has 0 atom stereocenters. The fourth-order valence-electron chi connectivity index (χ4n) is 1.71. The van der Waals surface area contributed by atoms with Crippen molar-refractivity contribution in [2.24, 2.45) is 0 Å². The molecule has 0 spiro atoms. The minimum absolute atomic E-state index is 0.148. The van der Waals surface area contributed by atoms with E-state index in [2.05, 4.69) is 25.4 Å². The molecule has 0 fully saturated rings. The molecule has 3 aromatic heterocycles. The van der Waals surface area contributed by atoms with Gasteiger partial charge in [0.25, 0.3) is 5.91 Å². The topological polar surface area (TPSA) is 103 Å². The van der Waals surface area contributed by atoms with Crippen molar-refractivity contribution in [3.63, 3.8) is 0 Å². The van der Waals surface area contributed by atoms with Crippen molar-refractivity contribution in [1.82, 2.24) is 20.1 Å². The number of hydrogen-bond acceptors (Lipinski definition) is 7. The highest BCUT2D eigenvalue weighted by Crippen LogP contribution is 2.19. The van der Waals surface area contributed by atoms with Gasteiger partial charge >= 0.3 is 6.01 Å². The predicted octanol–water partition coefficient (Wildman–Crippen LogP) is 1.79. The number of nitrogens with zero attached hydrogens (tertiary/aromatic N) is 4. The van der Waals surface area contributed by atoms with Gasteiger partial charge in [0.15, 0.2) is 11.5 Å². The van der Waals surface area contributed by atoms with E-state index in [0.717, 1.165) is 5.56 Å². The van der Waals surface area contributed by atoms with Crippen LogP contribution in [0, 0.1) is 0 Å². The summed E-state index contributed by atoms with van der Waals surface area (Å²) in [4.78, 5) is 23.9. The summed E-state index contributed by atoms with van der Waals surface area (Å²) in [6.45, 7) is 0. The van der Waals surface area contributed by atoms with Crippen LogP contribution in [0.4, 0.5) is 5.69 Å². The number of rotatable bonds is 4. The third kappa shape index (κ3) is 2.90. The second kappa shape index (κ2) is 6.00. The van der Waals surface area contributed by atoms with Gasteiger partial charge in [0, 0.05) is 24.0 Å². The van der Waals surface area contributed by atoms with Gasteiger partial charge in [-0.25, -0.2) is 9.97 Å². The van der Waals surface area contributed by atoms with E-state index in [4.69, 9.17) is 9.26 Å². The van der Waals surface area contributed by atoms with Crippen molar-refractivity contribution >= 4 is 11.6 Å². The number of hydrogen-bond donors (Lipinski definition) is 1. The van der Waals surface area contributed by atoms with Crippen LogP contribution in [-0.2, 0) is 0 Å². The molecule has 3 heterocycles. The highest BCUT2D eigenvalue weighted by atomic mass is 16.5. The average molecular weight is 297 g/mol. The Balaban J connectivity index is 1.74. The second-order valence-corrected chi connectivity index (χ2v) is 4.23. The van der Waals surface area contributed by atoms with Gasteiger partial charge in [0.1, 0.15) is 0 Å². The third-order valence-electron chi connectivity index (χ3n) is 2.76. The summed E-state index contributed by atoms with van der Waals surface area (Å²) in [6.07, 6.45) is 6.15. The van der Waals surface area contributed by atoms with Crippen molar-refractivity contribution in [2.75, 3.05) is 12.4 Å². The maximum absolute atomic E-state index is 12.1. The Morgan fingerprint density at radius 2 is 2.09 bits per heavy atom. The van der Waals surface area contributed by atoms with Crippen LogP contribution in [0.2, 0.25) is 0 Å². The zero-order chi connectivity index (χ0) is 15.4. The summed E-state index contributed by atoms with van der Waals surface area (Å²) in [5, 5.41) is 6.36. The Morgan fingerprint density at radius 1 is 1.27 bits per heavy atom. The molecule has 8 nitrogen and oxygen atoms in total. The monoisotopic (exact) mass is 297 g/mol. The van der Waals surface area contributed by atoms with Gasteiger partial charge in [-0.1, -0.05) is 5.16 Å². The first kappa shape index (κ1) is 13.7. The smallest absolute Gasteiger partial charge is 0.316 e. The zero-order valence-electron chi connectivity index (χ0n) is 11.6. The molecule has 0 bridgehead atoms. The Bertz CT molecular complexity index is 771. The van der Waals surface area contributed by atoms with Crippen LogP contribution in [0.25, 0.3) is 11.3 Å². The summed E-state index contributed by atoms with van der Waals surface area (Å²) in [5.41, 5.74) is 1.31. The zero-order valence-corrected chi connectivity index (χ0v) is 11.6. The van der Waals surface area contributed by atoms with Crippen LogP contribution < -0.4 is 10.1 Å². The number of methoxy groups -OCH3 is 1. The molecular formula is C14H11N5O3. The molecule has 22 heavy (non-hydrogen) atoms. The predicted molar refractivity (Wildman–Crippen MR) is 76.3 cm³/mol. The molecule has 1 amide bonds. The second-order valence-electron chi connectivity index (χ2n) is 4.23. The van der Waals surface area contributed by atoms with Crippen molar-refractivity contribution in [3.05, 3.63) is 48.7 Å². The Kier molecular flexibility index (Phi) is 3.73. The molecule has 0 aliphatic rings. The van der Waals surface area contributed by atoms with Crippen LogP contribution in [0.5, 0.6) is 6.01 Å². The summed E-state index contributed by atoms with van der Waals surface area (Å²) in [5.74, 6) is 0.0388. The fourth-order valence-corrected chi connectivity index (χ4v) is 1.71. The molecule has 0 aliphatic carbocycles. The van der Waals surface area contributed by atoms with Gasteiger partial charge in [-0.2, -0.15) is 0 Å². The van der Waals surface area contributed by atoms with Crippen molar-refractivity contribution in [2.45, 2.75) is 0 Å². The quantitative estimate of drug-likeness (QED) is 0.782. The lowest BCUT2D eigenvalue weighted by atomic mass is 10.2. The first-order valence-corrected chi connectivity index (χ1v) is 6.31. The molecule has 0 saturated heterocycles. The fraction of sp³-hybridized carbons (Fsp3) is 0.0714. The van der Waals surface area contributed by atoms with Crippen LogP contribution in [0.1, 0.15) is 10.5 Å². The average Bonchev–Trinajstić information content (AvgIpc) is 3.06. The summed E-state index contributed by atoms with van der Waals surface area (Å²) in [7, 11) is 1.46. The molecule has 1 N–H and O–H groups in total. The van der Waals surface area contributed by atoms with Gasteiger partial charge in [0.05, 0.1) is 25.2 Å². The number of pyridine rings is 1. The summed E-state index contributed by atoms with van der Waals surface area (Å²) < 4.78 is 9.99. The van der Waals surface area contributed by atoms with Gasteiger partial charge in [-0.05, 0) is 12.1 Å². The standard InChI is InChI=1S/C14H11N5O3/c1-21-14-16-7-10(8-17-14)18-13(20)11-5-12(22-19-11)9-3-2-4-15-6-9/h2-8H,1H3,(H,18,20). The number of nitrogens with one attached hydrogen (secondary N) is 1. The van der Waals surface area contributed by atoms with Gasteiger partial charge in [0.2, 0.25) is 0 Å². The van der Waals surface area contributed by atoms with Crippen LogP contribution in [0.15, 0.2) is 47.5 Å². The molecular weight excluding hydrogens is 286 g/mol. The van der Waals surface area contributed by atoms with E-state index in [0.29, 0.717) is 11.4 Å². The number of ether oxygens (including phenoxy) is 1. The highest BCUT2D eigenvalue weighted by Gasteiger charge is 2.14. The molecule has 8 heteroatoms. The first-order chi connectivity index (χ1) is 10.8. The SMILES string of the molecule is COc1ncc(NC(=O)c2cc(-c3cccnc3)on2)cn1. The van der Waals surface area contributed by atoms with E-state index in [9.17, 15) is 4.79 Å². The number of amides is 1. The molecule has 3 rings (SSSR count). The largest absolute Gasteiger partial charge is 0.467 e. The molecule has 3 aromatic rings. The molecule has 0 aromatic carbocycles. The van der Waals surface area contributed by atoms with Gasteiger partial charge in [-0.3, -0.25) is 9.78 Å². The number of carbonyl (C=O) groups is 1. The van der Waals surface area contributed by atoms with Crippen molar-refractivity contribution in [1.29, 1.82) is 0 Å². The Morgan fingerprint density at radius 3 is 2.77 bits per heavy atom. The van der Waals surface area contributed by atoms with E-state index in [1.165, 1.54) is 25.6 Å². The third-order valence-corrected chi connectivity index (χ3v) is 2.76. The molecule has 0 unspecified atom stereocenters. The summed E-state index contributed by atoms with van der Waals surface area (Å²) >= 11 is 0. The van der Waals surface area contributed by atoms with Gasteiger partial charge in [-0.15, -0.1) is 0 Å². The van der Waals surface area contributed by atoms with Gasteiger partial charge < -0.3 is 14.6 Å². The highest BCUT2D eigenvalue weighted by molar-refractivity contribution is 6.03. The van der Waals surface area contributed by atoms with E-state index in [1.807, 2.05) is 6.07 Å². The maximum atomic E-state index is 12.1. The van der Waals surface area contributed by atoms with Crippen molar-refractivity contribution < 1.29 is 14.1 Å².